The van der Waals surface area contributed by atoms with Gasteiger partial charge < -0.3 is 4.90 Å². The fraction of sp³-hybridized carbons (Fsp3) is 0.529. The Morgan fingerprint density at radius 1 is 1.10 bits per heavy atom. The summed E-state index contributed by atoms with van der Waals surface area (Å²) in [7, 11) is 0. The van der Waals surface area contributed by atoms with E-state index in [1.54, 1.807) is 17.3 Å². The van der Waals surface area contributed by atoms with Gasteiger partial charge in [0, 0.05) is 18.3 Å². The Bertz CT molecular complexity index is 572. The van der Waals surface area contributed by atoms with Crippen LogP contribution in [0.2, 0.25) is 0 Å². The maximum absolute atomic E-state index is 8.87. The lowest BCUT2D eigenvalue weighted by Crippen LogP contribution is -2.41. The summed E-state index contributed by atoms with van der Waals surface area (Å²) in [5.41, 5.74) is 4.17. The van der Waals surface area contributed by atoms with Gasteiger partial charge in [-0.3, -0.25) is 0 Å². The van der Waals surface area contributed by atoms with Crippen LogP contribution in [0.5, 0.6) is 0 Å². The average molecular weight is 265 g/mol. The van der Waals surface area contributed by atoms with Crippen molar-refractivity contribution in [3.63, 3.8) is 0 Å². The Morgan fingerprint density at radius 2 is 1.85 bits per heavy atom. The van der Waals surface area contributed by atoms with Crippen molar-refractivity contribution >= 4 is 5.82 Å². The van der Waals surface area contributed by atoms with Gasteiger partial charge in [0.05, 0.1) is 5.56 Å². The van der Waals surface area contributed by atoms with Crippen LogP contribution in [0.1, 0.15) is 50.5 Å². The van der Waals surface area contributed by atoms with Crippen molar-refractivity contribution in [1.29, 1.82) is 5.26 Å². The van der Waals surface area contributed by atoms with Gasteiger partial charge in [0.25, 0.3) is 0 Å². The van der Waals surface area contributed by atoms with E-state index in [2.05, 4.69) is 16.0 Å². The number of allylic oxidation sites excluding steroid dienone is 1. The second kappa shape index (κ2) is 4.63. The third-order valence-corrected chi connectivity index (χ3v) is 5.18. The lowest BCUT2D eigenvalue weighted by atomic mass is 9.82. The zero-order chi connectivity index (χ0) is 13.5. The third kappa shape index (κ3) is 1.83. The van der Waals surface area contributed by atoms with Gasteiger partial charge in [-0.2, -0.15) is 5.26 Å². The topological polar surface area (TPSA) is 39.9 Å². The Morgan fingerprint density at radius 3 is 2.35 bits per heavy atom. The first kappa shape index (κ1) is 12.0. The van der Waals surface area contributed by atoms with Crippen LogP contribution in [0, 0.1) is 11.3 Å². The molecular weight excluding hydrogens is 246 g/mol. The van der Waals surface area contributed by atoms with Crippen molar-refractivity contribution in [3.05, 3.63) is 35.0 Å². The molecule has 1 aliphatic carbocycles. The van der Waals surface area contributed by atoms with Crippen LogP contribution in [0.15, 0.2) is 29.5 Å². The summed E-state index contributed by atoms with van der Waals surface area (Å²) in [6.07, 6.45) is 10.9. The number of fused-ring (bicyclic) bond motifs is 2. The molecule has 4 rings (SSSR count). The largest absolute Gasteiger partial charge is 0.350 e. The normalized spacial score (nSPS) is 28.2. The zero-order valence-electron chi connectivity index (χ0n) is 11.7. The summed E-state index contributed by atoms with van der Waals surface area (Å²) < 4.78 is 0. The molecule has 1 aromatic rings. The SMILES string of the molecule is N#Cc1ccc(N2C3CCC2CC(=C2CCC2)C3)nc1. The molecule has 2 aliphatic heterocycles. The molecule has 1 aromatic heterocycles. The first-order valence-corrected chi connectivity index (χ1v) is 7.69. The van der Waals surface area contributed by atoms with E-state index in [0.717, 1.165) is 5.82 Å². The summed E-state index contributed by atoms with van der Waals surface area (Å²) in [6, 6.07) is 7.33. The monoisotopic (exact) mass is 265 g/mol. The molecule has 3 heteroatoms. The number of piperidine rings is 1. The fourth-order valence-corrected chi connectivity index (χ4v) is 3.99. The summed E-state index contributed by atoms with van der Waals surface area (Å²) >= 11 is 0. The molecular formula is C17H19N3. The number of anilines is 1. The number of nitrogens with zero attached hydrogens (tertiary/aromatic N) is 3. The van der Waals surface area contributed by atoms with Crippen LogP contribution in [-0.2, 0) is 0 Å². The van der Waals surface area contributed by atoms with Gasteiger partial charge in [0.2, 0.25) is 0 Å². The molecule has 2 saturated heterocycles. The van der Waals surface area contributed by atoms with Crippen LogP contribution in [0.4, 0.5) is 5.82 Å². The number of hydrogen-bond donors (Lipinski definition) is 0. The zero-order valence-corrected chi connectivity index (χ0v) is 11.7. The fourth-order valence-electron chi connectivity index (χ4n) is 3.99. The van der Waals surface area contributed by atoms with Crippen molar-refractivity contribution < 1.29 is 0 Å². The highest BCUT2D eigenvalue weighted by Gasteiger charge is 2.40. The first-order valence-electron chi connectivity index (χ1n) is 7.69. The first-order chi connectivity index (χ1) is 9.85. The van der Waals surface area contributed by atoms with Crippen LogP contribution in [0.25, 0.3) is 0 Å². The number of nitriles is 1. The molecule has 3 nitrogen and oxygen atoms in total. The minimum atomic E-state index is 0.636. The van der Waals surface area contributed by atoms with E-state index in [-0.39, 0.29) is 0 Å². The highest BCUT2D eigenvalue weighted by atomic mass is 15.3. The summed E-state index contributed by atoms with van der Waals surface area (Å²) in [6.45, 7) is 0. The van der Waals surface area contributed by atoms with Crippen LogP contribution in [0.3, 0.4) is 0 Å². The van der Waals surface area contributed by atoms with Crippen LogP contribution < -0.4 is 4.90 Å². The van der Waals surface area contributed by atoms with E-state index < -0.39 is 0 Å². The molecule has 0 radical (unpaired) electrons. The molecule has 102 valence electrons. The maximum Gasteiger partial charge on any atom is 0.129 e. The molecule has 1 saturated carbocycles. The van der Waals surface area contributed by atoms with E-state index in [0.29, 0.717) is 17.6 Å². The molecule has 20 heavy (non-hydrogen) atoms. The summed E-state index contributed by atoms with van der Waals surface area (Å²) in [4.78, 5) is 7.02. The smallest absolute Gasteiger partial charge is 0.129 e. The molecule has 3 fully saturated rings. The number of hydrogen-bond acceptors (Lipinski definition) is 3. The summed E-state index contributed by atoms with van der Waals surface area (Å²) in [5, 5.41) is 8.87. The van der Waals surface area contributed by atoms with Crippen LogP contribution >= 0.6 is 0 Å². The van der Waals surface area contributed by atoms with E-state index in [1.807, 2.05) is 12.1 Å². The molecule has 0 N–H and O–H groups in total. The second-order valence-corrected chi connectivity index (χ2v) is 6.28. The van der Waals surface area contributed by atoms with Gasteiger partial charge in [-0.25, -0.2) is 4.98 Å². The molecule has 3 heterocycles. The molecule has 2 bridgehead atoms. The van der Waals surface area contributed by atoms with Crippen molar-refractivity contribution in [2.45, 2.75) is 57.0 Å². The average Bonchev–Trinajstić information content (AvgIpc) is 2.68. The van der Waals surface area contributed by atoms with Gasteiger partial charge in [-0.15, -0.1) is 0 Å². The standard InChI is InChI=1S/C17H19N3/c18-10-12-4-7-17(19-11-12)20-15-5-6-16(20)9-14(8-15)13-2-1-3-13/h4,7,11,15-16H,1-3,5-6,8-9H2. The van der Waals surface area contributed by atoms with Crippen molar-refractivity contribution in [1.82, 2.24) is 4.98 Å². The lowest BCUT2D eigenvalue weighted by molar-refractivity contribution is 0.519. The minimum absolute atomic E-state index is 0.636. The van der Waals surface area contributed by atoms with Crippen molar-refractivity contribution in [2.24, 2.45) is 0 Å². The molecule has 3 aliphatic rings. The predicted molar refractivity (Wildman–Crippen MR) is 78.4 cm³/mol. The van der Waals surface area contributed by atoms with Crippen molar-refractivity contribution in [2.75, 3.05) is 4.90 Å². The highest BCUT2D eigenvalue weighted by Crippen LogP contribution is 2.44. The van der Waals surface area contributed by atoms with Gasteiger partial charge in [0.15, 0.2) is 0 Å². The Kier molecular flexibility index (Phi) is 2.77. The maximum atomic E-state index is 8.87. The quantitative estimate of drug-likeness (QED) is 0.729. The minimum Gasteiger partial charge on any atom is -0.350 e. The number of pyridine rings is 1. The molecule has 0 amide bonds. The number of aromatic nitrogens is 1. The van der Waals surface area contributed by atoms with Gasteiger partial charge >= 0.3 is 0 Å². The Balaban J connectivity index is 1.60. The van der Waals surface area contributed by atoms with E-state index in [1.165, 1.54) is 44.9 Å². The van der Waals surface area contributed by atoms with E-state index >= 15 is 0 Å². The second-order valence-electron chi connectivity index (χ2n) is 6.28. The molecule has 0 spiro atoms. The van der Waals surface area contributed by atoms with E-state index in [4.69, 9.17) is 5.26 Å². The Hall–Kier alpha value is -1.82. The lowest BCUT2D eigenvalue weighted by Gasteiger charge is -2.39. The van der Waals surface area contributed by atoms with Gasteiger partial charge in [-0.05, 0) is 57.1 Å². The predicted octanol–water partition coefficient (Wildman–Crippen LogP) is 3.56. The van der Waals surface area contributed by atoms with Gasteiger partial charge in [0.1, 0.15) is 11.9 Å². The van der Waals surface area contributed by atoms with Crippen LogP contribution in [-0.4, -0.2) is 17.1 Å². The number of rotatable bonds is 1. The highest BCUT2D eigenvalue weighted by molar-refractivity contribution is 5.48. The third-order valence-electron chi connectivity index (χ3n) is 5.18. The Labute approximate surface area is 119 Å². The molecule has 2 atom stereocenters. The molecule has 0 aromatic carbocycles. The molecule has 2 unspecified atom stereocenters. The van der Waals surface area contributed by atoms with E-state index in [9.17, 15) is 0 Å². The summed E-state index contributed by atoms with van der Waals surface area (Å²) in [5.74, 6) is 1.06. The van der Waals surface area contributed by atoms with Crippen molar-refractivity contribution in [3.8, 4) is 6.07 Å². The van der Waals surface area contributed by atoms with Gasteiger partial charge in [-0.1, -0.05) is 11.1 Å².